The van der Waals surface area contributed by atoms with Gasteiger partial charge in [0.2, 0.25) is 0 Å². The number of aromatic amines is 1. The number of H-pyrrole nitrogens is 1. The Hall–Kier alpha value is -3.15. The zero-order chi connectivity index (χ0) is 23.9. The van der Waals surface area contributed by atoms with Crippen molar-refractivity contribution < 1.29 is 22.7 Å². The van der Waals surface area contributed by atoms with Gasteiger partial charge in [0.15, 0.2) is 5.13 Å². The number of hydrogen-bond donors (Lipinski definition) is 2. The monoisotopic (exact) mass is 507 g/mol. The van der Waals surface area contributed by atoms with Crippen LogP contribution in [0.2, 0.25) is 5.02 Å². The van der Waals surface area contributed by atoms with E-state index in [0.717, 1.165) is 11.8 Å². The Bertz CT molecular complexity index is 1350. The van der Waals surface area contributed by atoms with Crippen LogP contribution in [0.4, 0.5) is 24.0 Å². The third-order valence-corrected chi connectivity index (χ3v) is 6.31. The molecule has 1 saturated heterocycles. The Balaban J connectivity index is 1.65. The standard InChI is InChI=1S/C22H17ClF3N5O2S/c23-12-1-2-14(16(9-12)22(24,25)26)19-28-17-11-13(31-4-6-33-7-5-31)10-15(18(17)29-19)20(32)30-21-27-3-8-34-21/h1-3,8-11H,4-7H2,(H,28,29)(H,27,30,32). The first kappa shape index (κ1) is 22.6. The summed E-state index contributed by atoms with van der Waals surface area (Å²) in [5, 5.41) is 4.82. The summed E-state index contributed by atoms with van der Waals surface area (Å²) >= 11 is 7.08. The SMILES string of the molecule is O=C(Nc1nccs1)c1cc(N2CCOCC2)cc2[nH]c(-c3ccc(Cl)cc3C(F)(F)F)nc12. The number of imidazole rings is 1. The number of morpholine rings is 1. The molecular weight excluding hydrogens is 491 g/mol. The van der Waals surface area contributed by atoms with Crippen LogP contribution in [-0.4, -0.2) is 47.2 Å². The maximum absolute atomic E-state index is 13.7. The second kappa shape index (κ2) is 8.90. The molecule has 7 nitrogen and oxygen atoms in total. The molecule has 34 heavy (non-hydrogen) atoms. The molecule has 1 aliphatic rings. The van der Waals surface area contributed by atoms with Crippen LogP contribution in [0.25, 0.3) is 22.4 Å². The molecule has 3 heterocycles. The van der Waals surface area contributed by atoms with E-state index in [0.29, 0.717) is 37.0 Å². The minimum atomic E-state index is -4.64. The molecule has 0 unspecified atom stereocenters. The highest BCUT2D eigenvalue weighted by Gasteiger charge is 2.35. The number of carbonyl (C=O) groups excluding carboxylic acids is 1. The number of aromatic nitrogens is 3. The number of nitrogens with one attached hydrogen (secondary N) is 2. The predicted octanol–water partition coefficient (Wildman–Crippen LogP) is 5.45. The van der Waals surface area contributed by atoms with E-state index in [1.807, 2.05) is 4.90 Å². The van der Waals surface area contributed by atoms with Gasteiger partial charge < -0.3 is 14.6 Å². The number of nitrogens with zero attached hydrogens (tertiary/aromatic N) is 3. The van der Waals surface area contributed by atoms with E-state index in [4.69, 9.17) is 16.3 Å². The van der Waals surface area contributed by atoms with Crippen LogP contribution in [0.1, 0.15) is 15.9 Å². The molecule has 176 valence electrons. The third kappa shape index (κ3) is 4.46. The van der Waals surface area contributed by atoms with E-state index in [-0.39, 0.29) is 27.5 Å². The fraction of sp³-hybridized carbons (Fsp3) is 0.227. The minimum Gasteiger partial charge on any atom is -0.378 e. The summed E-state index contributed by atoms with van der Waals surface area (Å²) in [5.41, 5.74) is 0.575. The Kier molecular flexibility index (Phi) is 5.92. The number of hydrogen-bond acceptors (Lipinski definition) is 6. The summed E-state index contributed by atoms with van der Waals surface area (Å²) in [4.78, 5) is 26.6. The summed E-state index contributed by atoms with van der Waals surface area (Å²) in [6.45, 7) is 2.31. The van der Waals surface area contributed by atoms with Gasteiger partial charge in [-0.05, 0) is 30.3 Å². The maximum Gasteiger partial charge on any atom is 0.417 e. The number of alkyl halides is 3. The second-order valence-corrected chi connectivity index (χ2v) is 8.88. The zero-order valence-corrected chi connectivity index (χ0v) is 19.0. The van der Waals surface area contributed by atoms with Gasteiger partial charge in [0.05, 0.1) is 29.9 Å². The molecule has 1 fully saturated rings. The van der Waals surface area contributed by atoms with Gasteiger partial charge in [-0.1, -0.05) is 11.6 Å². The number of fused-ring (bicyclic) bond motifs is 1. The van der Waals surface area contributed by atoms with Crippen molar-refractivity contribution >= 4 is 50.7 Å². The van der Waals surface area contributed by atoms with Crippen molar-refractivity contribution in [2.75, 3.05) is 36.5 Å². The van der Waals surface area contributed by atoms with Gasteiger partial charge in [-0.15, -0.1) is 11.3 Å². The molecule has 1 amide bonds. The number of carbonyl (C=O) groups is 1. The van der Waals surface area contributed by atoms with Crippen LogP contribution in [0, 0.1) is 0 Å². The second-order valence-electron chi connectivity index (χ2n) is 7.55. The number of anilines is 2. The van der Waals surface area contributed by atoms with Gasteiger partial charge in [0.25, 0.3) is 5.91 Å². The molecule has 0 bridgehead atoms. The quantitative estimate of drug-likeness (QED) is 0.384. The summed E-state index contributed by atoms with van der Waals surface area (Å²) in [6.07, 6.45) is -3.07. The number of thiazole rings is 1. The molecule has 4 aromatic rings. The van der Waals surface area contributed by atoms with E-state index >= 15 is 0 Å². The molecule has 2 aromatic heterocycles. The molecular formula is C22H17ClF3N5O2S. The van der Waals surface area contributed by atoms with Gasteiger partial charge in [-0.3, -0.25) is 10.1 Å². The van der Waals surface area contributed by atoms with E-state index in [9.17, 15) is 18.0 Å². The smallest absolute Gasteiger partial charge is 0.378 e. The fourth-order valence-corrected chi connectivity index (χ4v) is 4.51. The molecule has 0 spiro atoms. The normalized spacial score (nSPS) is 14.5. The van der Waals surface area contributed by atoms with Crippen LogP contribution in [0.3, 0.4) is 0 Å². The number of benzene rings is 2. The Morgan fingerprint density at radius 1 is 1.21 bits per heavy atom. The van der Waals surface area contributed by atoms with E-state index in [2.05, 4.69) is 20.3 Å². The summed E-state index contributed by atoms with van der Waals surface area (Å²) in [6, 6.07) is 6.96. The topological polar surface area (TPSA) is 83.1 Å². The number of halogens is 4. The van der Waals surface area contributed by atoms with Crippen LogP contribution in [0.5, 0.6) is 0 Å². The lowest BCUT2D eigenvalue weighted by Gasteiger charge is -2.29. The van der Waals surface area contributed by atoms with Crippen molar-refractivity contribution in [1.82, 2.24) is 15.0 Å². The third-order valence-electron chi connectivity index (χ3n) is 5.39. The van der Waals surface area contributed by atoms with E-state index < -0.39 is 17.6 Å². The van der Waals surface area contributed by atoms with Crippen molar-refractivity contribution in [2.45, 2.75) is 6.18 Å². The first-order chi connectivity index (χ1) is 16.3. The summed E-state index contributed by atoms with van der Waals surface area (Å²) in [7, 11) is 0. The zero-order valence-electron chi connectivity index (χ0n) is 17.4. The van der Waals surface area contributed by atoms with Gasteiger partial charge in [-0.25, -0.2) is 9.97 Å². The van der Waals surface area contributed by atoms with E-state index in [1.54, 1.807) is 23.7 Å². The van der Waals surface area contributed by atoms with Crippen LogP contribution < -0.4 is 10.2 Å². The van der Waals surface area contributed by atoms with Gasteiger partial charge in [0, 0.05) is 40.9 Å². The van der Waals surface area contributed by atoms with Crippen LogP contribution in [-0.2, 0) is 10.9 Å². The number of amides is 1. The highest BCUT2D eigenvalue weighted by Crippen LogP contribution is 2.39. The highest BCUT2D eigenvalue weighted by atomic mass is 35.5. The molecule has 1 aliphatic heterocycles. The Morgan fingerprint density at radius 2 is 2.00 bits per heavy atom. The number of rotatable bonds is 4. The van der Waals surface area contributed by atoms with Crippen LogP contribution >= 0.6 is 22.9 Å². The minimum absolute atomic E-state index is 0.0126. The van der Waals surface area contributed by atoms with Gasteiger partial charge in [-0.2, -0.15) is 13.2 Å². The van der Waals surface area contributed by atoms with Crippen molar-refractivity contribution in [3.63, 3.8) is 0 Å². The lowest BCUT2D eigenvalue weighted by Crippen LogP contribution is -2.36. The lowest BCUT2D eigenvalue weighted by molar-refractivity contribution is -0.137. The summed E-state index contributed by atoms with van der Waals surface area (Å²) < 4.78 is 46.5. The Labute approximate surface area is 200 Å². The molecule has 0 radical (unpaired) electrons. The number of ether oxygens (including phenoxy) is 1. The first-order valence-corrected chi connectivity index (χ1v) is 11.5. The van der Waals surface area contributed by atoms with Crippen molar-refractivity contribution in [1.29, 1.82) is 0 Å². The largest absolute Gasteiger partial charge is 0.417 e. The molecule has 0 aliphatic carbocycles. The summed E-state index contributed by atoms with van der Waals surface area (Å²) in [5.74, 6) is -0.471. The van der Waals surface area contributed by atoms with Gasteiger partial charge in [0.1, 0.15) is 11.3 Å². The van der Waals surface area contributed by atoms with Gasteiger partial charge >= 0.3 is 6.18 Å². The average Bonchev–Trinajstić information content (AvgIpc) is 3.48. The predicted molar refractivity (Wildman–Crippen MR) is 125 cm³/mol. The molecule has 12 heteroatoms. The van der Waals surface area contributed by atoms with Crippen LogP contribution in [0.15, 0.2) is 41.9 Å². The Morgan fingerprint density at radius 3 is 2.71 bits per heavy atom. The maximum atomic E-state index is 13.7. The van der Waals surface area contributed by atoms with Crippen molar-refractivity contribution in [3.05, 3.63) is 58.1 Å². The average molecular weight is 508 g/mol. The van der Waals surface area contributed by atoms with Crippen molar-refractivity contribution in [2.24, 2.45) is 0 Å². The highest BCUT2D eigenvalue weighted by molar-refractivity contribution is 7.13. The molecule has 5 rings (SSSR count). The molecule has 0 saturated carbocycles. The molecule has 2 N–H and O–H groups in total. The fourth-order valence-electron chi connectivity index (χ4n) is 3.81. The molecule has 2 aromatic carbocycles. The lowest BCUT2D eigenvalue weighted by atomic mass is 10.1. The van der Waals surface area contributed by atoms with E-state index in [1.165, 1.54) is 23.5 Å². The first-order valence-electron chi connectivity index (χ1n) is 10.2. The molecule has 0 atom stereocenters. The van der Waals surface area contributed by atoms with Crippen molar-refractivity contribution in [3.8, 4) is 11.4 Å².